The number of thiophene rings is 1. The van der Waals surface area contributed by atoms with Crippen molar-refractivity contribution in [3.05, 3.63) is 55.9 Å². The van der Waals surface area contributed by atoms with Crippen molar-refractivity contribution in [2.45, 2.75) is 26.2 Å². The van der Waals surface area contributed by atoms with Crippen LogP contribution in [-0.2, 0) is 12.8 Å². The molecule has 6 nitrogen and oxygen atoms in total. The van der Waals surface area contributed by atoms with Crippen LogP contribution in [-0.4, -0.2) is 10.8 Å². The molecule has 0 bridgehead atoms. The number of nitro benzene ring substituents is 1. The average Bonchev–Trinajstić information content (AvgIpc) is 2.90. The molecule has 24 heavy (non-hydrogen) atoms. The number of nitriles is 1. The van der Waals surface area contributed by atoms with Crippen LogP contribution in [0.5, 0.6) is 0 Å². The van der Waals surface area contributed by atoms with Crippen LogP contribution in [0.2, 0.25) is 0 Å². The van der Waals surface area contributed by atoms with Crippen molar-refractivity contribution in [1.29, 1.82) is 5.26 Å². The summed E-state index contributed by atoms with van der Waals surface area (Å²) >= 11 is 1.44. The minimum Gasteiger partial charge on any atom is -0.312 e. The van der Waals surface area contributed by atoms with Crippen LogP contribution in [0, 0.1) is 27.4 Å². The molecule has 122 valence electrons. The number of nitrogens with zero attached hydrogens (tertiary/aromatic N) is 2. The highest BCUT2D eigenvalue weighted by molar-refractivity contribution is 7.16. The minimum absolute atomic E-state index is 0.137. The van der Waals surface area contributed by atoms with Gasteiger partial charge in [-0.3, -0.25) is 14.9 Å². The van der Waals surface area contributed by atoms with Crippen molar-refractivity contribution in [3.8, 4) is 6.07 Å². The molecular weight excluding hydrogens is 326 g/mol. The Bertz CT molecular complexity index is 866. The van der Waals surface area contributed by atoms with Crippen LogP contribution >= 0.6 is 11.3 Å². The molecule has 1 aliphatic rings. The first-order valence-electron chi connectivity index (χ1n) is 7.60. The Balaban J connectivity index is 1.89. The van der Waals surface area contributed by atoms with Crippen LogP contribution in [0.3, 0.4) is 0 Å². The molecule has 1 aliphatic carbocycles. The second kappa shape index (κ2) is 6.42. The first-order valence-corrected chi connectivity index (χ1v) is 8.41. The maximum Gasteiger partial charge on any atom is 0.270 e. The Kier molecular flexibility index (Phi) is 4.32. The highest BCUT2D eigenvalue weighted by Crippen LogP contribution is 2.39. The van der Waals surface area contributed by atoms with Crippen molar-refractivity contribution in [1.82, 2.24) is 0 Å². The van der Waals surface area contributed by atoms with E-state index >= 15 is 0 Å². The SMILES string of the molecule is CC1CCc2c(sc(NC(=O)c3cccc([N+](=O)[O-])c3)c2C#N)C1. The van der Waals surface area contributed by atoms with Gasteiger partial charge in [0, 0.05) is 22.6 Å². The summed E-state index contributed by atoms with van der Waals surface area (Å²) in [7, 11) is 0. The molecule has 1 aromatic carbocycles. The molecular formula is C17H15N3O3S. The number of nitrogens with one attached hydrogen (secondary N) is 1. The molecule has 1 unspecified atom stereocenters. The number of carbonyl (C=O) groups is 1. The van der Waals surface area contributed by atoms with Gasteiger partial charge in [0.15, 0.2) is 0 Å². The lowest BCUT2D eigenvalue weighted by Gasteiger charge is -2.17. The number of benzene rings is 1. The zero-order valence-electron chi connectivity index (χ0n) is 13.0. The van der Waals surface area contributed by atoms with Crippen LogP contribution in [0.15, 0.2) is 24.3 Å². The molecule has 1 aromatic heterocycles. The molecule has 0 saturated heterocycles. The monoisotopic (exact) mass is 341 g/mol. The molecule has 0 radical (unpaired) electrons. The Labute approximate surface area is 142 Å². The van der Waals surface area contributed by atoms with E-state index in [4.69, 9.17) is 0 Å². The number of hydrogen-bond acceptors (Lipinski definition) is 5. The molecule has 3 rings (SSSR count). The van der Waals surface area contributed by atoms with E-state index in [9.17, 15) is 20.2 Å². The molecule has 7 heteroatoms. The standard InChI is InChI=1S/C17H15N3O3S/c1-10-5-6-13-14(9-18)17(24-15(13)7-10)19-16(21)11-3-2-4-12(8-11)20(22)23/h2-4,8,10H,5-7H2,1H3,(H,19,21). The van der Waals surface area contributed by atoms with Gasteiger partial charge in [-0.05, 0) is 36.8 Å². The summed E-state index contributed by atoms with van der Waals surface area (Å²) in [5, 5.41) is 23.6. The number of carbonyl (C=O) groups excluding carboxylic acids is 1. The summed E-state index contributed by atoms with van der Waals surface area (Å²) in [5.74, 6) is 0.130. The number of hydrogen-bond donors (Lipinski definition) is 1. The lowest BCUT2D eigenvalue weighted by molar-refractivity contribution is -0.384. The fraction of sp³-hybridized carbons (Fsp3) is 0.294. The number of non-ortho nitro benzene ring substituents is 1. The summed E-state index contributed by atoms with van der Waals surface area (Å²) in [6, 6.07) is 7.75. The molecule has 0 saturated carbocycles. The van der Waals surface area contributed by atoms with Crippen LogP contribution in [0.4, 0.5) is 10.7 Å². The zero-order valence-corrected chi connectivity index (χ0v) is 13.9. The molecule has 0 fully saturated rings. The van der Waals surface area contributed by atoms with Crippen LogP contribution in [0.1, 0.15) is 39.7 Å². The average molecular weight is 341 g/mol. The number of anilines is 1. The van der Waals surface area contributed by atoms with Crippen LogP contribution in [0.25, 0.3) is 0 Å². The van der Waals surface area contributed by atoms with Gasteiger partial charge in [0.25, 0.3) is 11.6 Å². The van der Waals surface area contributed by atoms with E-state index in [1.807, 2.05) is 0 Å². The van der Waals surface area contributed by atoms with E-state index in [1.54, 1.807) is 0 Å². The smallest absolute Gasteiger partial charge is 0.270 e. The topological polar surface area (TPSA) is 96.0 Å². The molecule has 1 N–H and O–H groups in total. The van der Waals surface area contributed by atoms with Crippen molar-refractivity contribution >= 4 is 27.9 Å². The fourth-order valence-electron chi connectivity index (χ4n) is 2.89. The molecule has 0 spiro atoms. The quantitative estimate of drug-likeness (QED) is 0.676. The molecule has 0 aliphatic heterocycles. The van der Waals surface area contributed by atoms with Crippen molar-refractivity contribution in [2.24, 2.45) is 5.92 Å². The van der Waals surface area contributed by atoms with Gasteiger partial charge in [-0.15, -0.1) is 11.3 Å². The number of rotatable bonds is 3. The first-order chi connectivity index (χ1) is 11.5. The molecule has 2 aromatic rings. The Morgan fingerprint density at radius 1 is 1.50 bits per heavy atom. The van der Waals surface area contributed by atoms with Crippen molar-refractivity contribution in [3.63, 3.8) is 0 Å². The maximum absolute atomic E-state index is 12.4. The zero-order chi connectivity index (χ0) is 17.3. The minimum atomic E-state index is -0.539. The Morgan fingerprint density at radius 2 is 2.29 bits per heavy atom. The van der Waals surface area contributed by atoms with E-state index in [1.165, 1.54) is 35.6 Å². The summed E-state index contributed by atoms with van der Waals surface area (Å²) < 4.78 is 0. The fourth-order valence-corrected chi connectivity index (χ4v) is 4.25. The third-order valence-electron chi connectivity index (χ3n) is 4.17. The highest BCUT2D eigenvalue weighted by atomic mass is 32.1. The van der Waals surface area contributed by atoms with Gasteiger partial charge >= 0.3 is 0 Å². The lowest BCUT2D eigenvalue weighted by Crippen LogP contribution is -2.12. The van der Waals surface area contributed by atoms with Gasteiger partial charge in [0.2, 0.25) is 0 Å². The number of nitro groups is 1. The Morgan fingerprint density at radius 3 is 3.00 bits per heavy atom. The predicted octanol–water partition coefficient (Wildman–Crippen LogP) is 3.91. The second-order valence-corrected chi connectivity index (χ2v) is 7.03. The third kappa shape index (κ3) is 3.01. The van der Waals surface area contributed by atoms with E-state index < -0.39 is 10.8 Å². The maximum atomic E-state index is 12.4. The third-order valence-corrected chi connectivity index (χ3v) is 5.34. The van der Waals surface area contributed by atoms with Gasteiger partial charge in [-0.25, -0.2) is 0 Å². The van der Waals surface area contributed by atoms with E-state index in [-0.39, 0.29) is 11.3 Å². The summed E-state index contributed by atoms with van der Waals surface area (Å²) in [6.45, 7) is 2.18. The first kappa shape index (κ1) is 16.1. The summed E-state index contributed by atoms with van der Waals surface area (Å²) in [5.41, 5.74) is 1.63. The number of fused-ring (bicyclic) bond motifs is 1. The van der Waals surface area contributed by atoms with Gasteiger partial charge in [-0.1, -0.05) is 13.0 Å². The van der Waals surface area contributed by atoms with Gasteiger partial charge < -0.3 is 5.32 Å². The number of amides is 1. The predicted molar refractivity (Wildman–Crippen MR) is 91.3 cm³/mol. The van der Waals surface area contributed by atoms with Gasteiger partial charge in [0.1, 0.15) is 11.1 Å². The van der Waals surface area contributed by atoms with Crippen molar-refractivity contribution in [2.75, 3.05) is 5.32 Å². The van der Waals surface area contributed by atoms with E-state index in [2.05, 4.69) is 18.3 Å². The lowest BCUT2D eigenvalue weighted by atomic mass is 9.88. The normalized spacial score (nSPS) is 16.1. The molecule has 1 amide bonds. The van der Waals surface area contributed by atoms with Crippen LogP contribution < -0.4 is 5.32 Å². The molecule has 1 atom stereocenters. The van der Waals surface area contributed by atoms with E-state index in [0.29, 0.717) is 16.5 Å². The van der Waals surface area contributed by atoms with Gasteiger partial charge in [-0.2, -0.15) is 5.26 Å². The second-order valence-electron chi connectivity index (χ2n) is 5.93. The summed E-state index contributed by atoms with van der Waals surface area (Å²) in [4.78, 5) is 23.8. The van der Waals surface area contributed by atoms with Crippen molar-refractivity contribution < 1.29 is 9.72 Å². The summed E-state index contributed by atoms with van der Waals surface area (Å²) in [6.07, 6.45) is 2.81. The largest absolute Gasteiger partial charge is 0.312 e. The van der Waals surface area contributed by atoms with Gasteiger partial charge in [0.05, 0.1) is 10.5 Å². The molecule has 1 heterocycles. The Hall–Kier alpha value is -2.72. The highest BCUT2D eigenvalue weighted by Gasteiger charge is 2.25. The van der Waals surface area contributed by atoms with E-state index in [0.717, 1.165) is 29.7 Å².